The summed E-state index contributed by atoms with van der Waals surface area (Å²) in [7, 11) is 3.04. The molecule has 2 aromatic rings. The van der Waals surface area contributed by atoms with Crippen LogP contribution in [0.3, 0.4) is 0 Å². The van der Waals surface area contributed by atoms with Crippen molar-refractivity contribution in [2.75, 3.05) is 24.9 Å². The zero-order valence-corrected chi connectivity index (χ0v) is 14.3. The Morgan fingerprint density at radius 1 is 1.08 bits per heavy atom. The van der Waals surface area contributed by atoms with E-state index in [1.165, 1.54) is 20.4 Å². The summed E-state index contributed by atoms with van der Waals surface area (Å²) >= 11 is 0. The van der Waals surface area contributed by atoms with Crippen molar-refractivity contribution in [3.8, 4) is 17.6 Å². The van der Waals surface area contributed by atoms with Gasteiger partial charge in [0, 0.05) is 23.6 Å². The van der Waals surface area contributed by atoms with Gasteiger partial charge in [-0.1, -0.05) is 12.1 Å². The van der Waals surface area contributed by atoms with Crippen molar-refractivity contribution in [2.45, 2.75) is 6.92 Å². The molecule has 6 heteroatoms. The molecule has 0 saturated heterocycles. The van der Waals surface area contributed by atoms with Crippen LogP contribution in [0.2, 0.25) is 0 Å². The second kappa shape index (κ2) is 8.41. The number of aryl methyl sites for hydroxylation is 1. The molecule has 0 bridgehead atoms. The van der Waals surface area contributed by atoms with Gasteiger partial charge < -0.3 is 20.1 Å². The highest BCUT2D eigenvalue weighted by molar-refractivity contribution is 6.06. The van der Waals surface area contributed by atoms with Gasteiger partial charge in [0.1, 0.15) is 11.6 Å². The number of anilines is 2. The number of nitrogens with one attached hydrogen (secondary N) is 2. The summed E-state index contributed by atoms with van der Waals surface area (Å²) < 4.78 is 10.3. The molecular formula is C19H19N3O3. The highest BCUT2D eigenvalue weighted by Gasteiger charge is 2.11. The van der Waals surface area contributed by atoms with Crippen LogP contribution < -0.4 is 20.1 Å². The highest BCUT2D eigenvalue weighted by Crippen LogP contribution is 2.29. The van der Waals surface area contributed by atoms with Gasteiger partial charge in [0.25, 0.3) is 5.91 Å². The standard InChI is InChI=1S/C19H19N3O3/c1-13-5-4-6-15(9-13)21-12-14(11-20)19(23)22-16-7-8-17(24-2)18(10-16)25-3/h4-10,12,21H,1-3H3,(H,22,23)/b14-12-. The fourth-order valence-corrected chi connectivity index (χ4v) is 2.15. The Morgan fingerprint density at radius 3 is 2.48 bits per heavy atom. The Labute approximate surface area is 146 Å². The summed E-state index contributed by atoms with van der Waals surface area (Å²) in [4.78, 5) is 12.3. The summed E-state index contributed by atoms with van der Waals surface area (Å²) in [5.41, 5.74) is 2.33. The first-order chi connectivity index (χ1) is 12.1. The number of ether oxygens (including phenoxy) is 2. The molecule has 0 aliphatic rings. The van der Waals surface area contributed by atoms with Crippen LogP contribution in [-0.2, 0) is 4.79 Å². The van der Waals surface area contributed by atoms with Gasteiger partial charge in [0.05, 0.1) is 14.2 Å². The fourth-order valence-electron chi connectivity index (χ4n) is 2.15. The molecule has 0 fully saturated rings. The largest absolute Gasteiger partial charge is 0.493 e. The molecule has 0 aliphatic carbocycles. The molecule has 0 aromatic heterocycles. The molecule has 0 radical (unpaired) electrons. The molecular weight excluding hydrogens is 318 g/mol. The minimum atomic E-state index is -0.519. The van der Waals surface area contributed by atoms with Crippen LogP contribution in [0.25, 0.3) is 0 Å². The van der Waals surface area contributed by atoms with Gasteiger partial charge in [-0.2, -0.15) is 5.26 Å². The lowest BCUT2D eigenvalue weighted by Gasteiger charge is -2.10. The summed E-state index contributed by atoms with van der Waals surface area (Å²) in [6, 6.07) is 14.5. The number of carbonyl (C=O) groups is 1. The lowest BCUT2D eigenvalue weighted by atomic mass is 10.2. The predicted octanol–water partition coefficient (Wildman–Crippen LogP) is 3.47. The van der Waals surface area contributed by atoms with Crippen LogP contribution in [0.5, 0.6) is 11.5 Å². The van der Waals surface area contributed by atoms with E-state index in [1.54, 1.807) is 18.2 Å². The maximum absolute atomic E-state index is 12.3. The number of amides is 1. The van der Waals surface area contributed by atoms with Gasteiger partial charge in [-0.15, -0.1) is 0 Å². The first kappa shape index (κ1) is 17.9. The number of methoxy groups -OCH3 is 2. The number of hydrogen-bond donors (Lipinski definition) is 2. The smallest absolute Gasteiger partial charge is 0.267 e. The van der Waals surface area contributed by atoms with Crippen molar-refractivity contribution < 1.29 is 14.3 Å². The summed E-state index contributed by atoms with van der Waals surface area (Å²) in [5.74, 6) is 0.521. The lowest BCUT2D eigenvalue weighted by Crippen LogP contribution is -2.14. The van der Waals surface area contributed by atoms with E-state index in [4.69, 9.17) is 9.47 Å². The van der Waals surface area contributed by atoms with E-state index in [-0.39, 0.29) is 5.57 Å². The predicted molar refractivity (Wildman–Crippen MR) is 96.7 cm³/mol. The van der Waals surface area contributed by atoms with Crippen molar-refractivity contribution in [3.05, 3.63) is 59.8 Å². The van der Waals surface area contributed by atoms with E-state index in [0.717, 1.165) is 11.3 Å². The lowest BCUT2D eigenvalue weighted by molar-refractivity contribution is -0.112. The monoisotopic (exact) mass is 337 g/mol. The normalized spacial score (nSPS) is 10.6. The third-order valence-corrected chi connectivity index (χ3v) is 3.41. The average Bonchev–Trinajstić information content (AvgIpc) is 2.62. The molecule has 0 saturated carbocycles. The molecule has 2 rings (SSSR count). The number of benzene rings is 2. The minimum absolute atomic E-state index is 0.0451. The zero-order chi connectivity index (χ0) is 18.2. The van der Waals surface area contributed by atoms with Crippen molar-refractivity contribution in [1.29, 1.82) is 5.26 Å². The van der Waals surface area contributed by atoms with Gasteiger partial charge in [0.15, 0.2) is 11.5 Å². The first-order valence-corrected chi connectivity index (χ1v) is 7.54. The number of hydrogen-bond acceptors (Lipinski definition) is 5. The summed E-state index contributed by atoms with van der Waals surface area (Å²) in [5, 5.41) is 14.8. The van der Waals surface area contributed by atoms with Crippen LogP contribution >= 0.6 is 0 Å². The van der Waals surface area contributed by atoms with Gasteiger partial charge in [0.2, 0.25) is 0 Å². The van der Waals surface area contributed by atoms with E-state index >= 15 is 0 Å². The Hall–Kier alpha value is -3.46. The maximum atomic E-state index is 12.3. The molecule has 25 heavy (non-hydrogen) atoms. The third-order valence-electron chi connectivity index (χ3n) is 3.41. The Morgan fingerprint density at radius 2 is 1.84 bits per heavy atom. The minimum Gasteiger partial charge on any atom is -0.493 e. The molecule has 2 aromatic carbocycles. The Kier molecular flexibility index (Phi) is 6.02. The van der Waals surface area contributed by atoms with E-state index < -0.39 is 5.91 Å². The van der Waals surface area contributed by atoms with Gasteiger partial charge >= 0.3 is 0 Å². The summed E-state index contributed by atoms with van der Waals surface area (Å²) in [6.45, 7) is 1.96. The quantitative estimate of drug-likeness (QED) is 0.623. The van der Waals surface area contributed by atoms with Crippen molar-refractivity contribution in [1.82, 2.24) is 0 Å². The van der Waals surface area contributed by atoms with Crippen molar-refractivity contribution in [2.24, 2.45) is 0 Å². The van der Waals surface area contributed by atoms with E-state index in [0.29, 0.717) is 17.2 Å². The van der Waals surface area contributed by atoms with Crippen LogP contribution in [0.1, 0.15) is 5.56 Å². The van der Waals surface area contributed by atoms with Crippen LogP contribution in [0, 0.1) is 18.3 Å². The van der Waals surface area contributed by atoms with Gasteiger partial charge in [-0.05, 0) is 36.8 Å². The highest BCUT2D eigenvalue weighted by atomic mass is 16.5. The summed E-state index contributed by atoms with van der Waals surface area (Å²) in [6.07, 6.45) is 1.38. The topological polar surface area (TPSA) is 83.4 Å². The number of carbonyl (C=O) groups excluding carboxylic acids is 1. The average molecular weight is 337 g/mol. The molecule has 2 N–H and O–H groups in total. The van der Waals surface area contributed by atoms with Gasteiger partial charge in [-0.3, -0.25) is 4.79 Å². The number of rotatable bonds is 6. The van der Waals surface area contributed by atoms with Crippen molar-refractivity contribution in [3.63, 3.8) is 0 Å². The molecule has 1 amide bonds. The maximum Gasteiger partial charge on any atom is 0.267 e. The molecule has 0 spiro atoms. The first-order valence-electron chi connectivity index (χ1n) is 7.54. The second-order valence-corrected chi connectivity index (χ2v) is 5.21. The van der Waals surface area contributed by atoms with Crippen molar-refractivity contribution >= 4 is 17.3 Å². The van der Waals surface area contributed by atoms with Crippen LogP contribution in [-0.4, -0.2) is 20.1 Å². The fraction of sp³-hybridized carbons (Fsp3) is 0.158. The molecule has 0 aliphatic heterocycles. The van der Waals surface area contributed by atoms with E-state index in [2.05, 4.69) is 10.6 Å². The van der Waals surface area contributed by atoms with Crippen LogP contribution in [0.4, 0.5) is 11.4 Å². The van der Waals surface area contributed by atoms with E-state index in [1.807, 2.05) is 37.3 Å². The Balaban J connectivity index is 2.12. The Bertz CT molecular complexity index is 838. The van der Waals surface area contributed by atoms with Crippen LogP contribution in [0.15, 0.2) is 54.2 Å². The van der Waals surface area contributed by atoms with Gasteiger partial charge in [-0.25, -0.2) is 0 Å². The second-order valence-electron chi connectivity index (χ2n) is 5.21. The molecule has 0 unspecified atom stereocenters. The molecule has 0 heterocycles. The SMILES string of the molecule is COc1ccc(NC(=O)/C(C#N)=C\Nc2cccc(C)c2)cc1OC. The number of nitrogens with zero attached hydrogens (tertiary/aromatic N) is 1. The third kappa shape index (κ3) is 4.75. The number of nitriles is 1. The molecule has 6 nitrogen and oxygen atoms in total. The van der Waals surface area contributed by atoms with E-state index in [9.17, 15) is 10.1 Å². The molecule has 128 valence electrons. The molecule has 0 atom stereocenters. The zero-order valence-electron chi connectivity index (χ0n) is 14.3.